The summed E-state index contributed by atoms with van der Waals surface area (Å²) in [5, 5.41) is 7.24. The number of amides is 2. The molecule has 3 rings (SSSR count). The van der Waals surface area contributed by atoms with Crippen molar-refractivity contribution in [3.05, 3.63) is 30.4 Å². The highest BCUT2D eigenvalue weighted by Gasteiger charge is 2.26. The molecule has 0 bridgehead atoms. The molecular formula is C17H25N7O. The first kappa shape index (κ1) is 17.2. The molecule has 1 saturated heterocycles. The summed E-state index contributed by atoms with van der Waals surface area (Å²) in [5.74, 6) is 0.454. The number of hydrogen-bond donors (Lipinski definition) is 2. The van der Waals surface area contributed by atoms with Crippen LogP contribution in [0.1, 0.15) is 45.2 Å². The van der Waals surface area contributed by atoms with E-state index in [1.165, 1.54) is 0 Å². The normalized spacial score (nSPS) is 18.2. The topological polar surface area (TPSA) is 102 Å². The Morgan fingerprint density at radius 3 is 2.88 bits per heavy atom. The third-order valence-electron chi connectivity index (χ3n) is 4.34. The number of piperidine rings is 1. The van der Waals surface area contributed by atoms with Crippen LogP contribution in [0, 0.1) is 0 Å². The summed E-state index contributed by atoms with van der Waals surface area (Å²) < 4.78 is 1.84. The summed E-state index contributed by atoms with van der Waals surface area (Å²) in [4.78, 5) is 22.6. The van der Waals surface area contributed by atoms with E-state index in [1.54, 1.807) is 12.4 Å². The van der Waals surface area contributed by atoms with Crippen LogP contribution in [0.4, 0.5) is 16.4 Å². The summed E-state index contributed by atoms with van der Waals surface area (Å²) in [7, 11) is 0. The standard InChI is InChI=1S/C17H25N7O/c1-17(2,3)24-11-13(9-20-24)21-16(25)23-8-4-5-12(10-23)14-6-7-19-15(18)22-14/h6-7,9,11-12H,4-5,8,10H2,1-3H3,(H,21,25)(H2,18,19,22). The number of nitrogens with two attached hydrogens (primary N) is 1. The van der Waals surface area contributed by atoms with Gasteiger partial charge in [0.15, 0.2) is 0 Å². The molecule has 8 nitrogen and oxygen atoms in total. The van der Waals surface area contributed by atoms with Gasteiger partial charge < -0.3 is 16.0 Å². The monoisotopic (exact) mass is 343 g/mol. The van der Waals surface area contributed by atoms with Gasteiger partial charge in [-0.1, -0.05) is 0 Å². The van der Waals surface area contributed by atoms with Crippen LogP contribution < -0.4 is 11.1 Å². The van der Waals surface area contributed by atoms with Gasteiger partial charge in [-0.3, -0.25) is 4.68 Å². The van der Waals surface area contributed by atoms with Crippen LogP contribution in [0.3, 0.4) is 0 Å². The van der Waals surface area contributed by atoms with Crippen molar-refractivity contribution < 1.29 is 4.79 Å². The number of carbonyl (C=O) groups excluding carboxylic acids is 1. The van der Waals surface area contributed by atoms with Gasteiger partial charge in [-0.25, -0.2) is 14.8 Å². The molecule has 3 heterocycles. The fourth-order valence-corrected chi connectivity index (χ4v) is 2.98. The Balaban J connectivity index is 1.65. The number of likely N-dealkylation sites (tertiary alicyclic amines) is 1. The lowest BCUT2D eigenvalue weighted by atomic mass is 9.95. The van der Waals surface area contributed by atoms with Gasteiger partial charge in [0.1, 0.15) is 0 Å². The summed E-state index contributed by atoms with van der Waals surface area (Å²) in [6, 6.07) is 1.76. The van der Waals surface area contributed by atoms with E-state index in [1.807, 2.05) is 21.8 Å². The second-order valence-electron chi connectivity index (χ2n) is 7.40. The molecule has 0 aromatic carbocycles. The van der Waals surface area contributed by atoms with Gasteiger partial charge in [-0.15, -0.1) is 0 Å². The second kappa shape index (κ2) is 6.70. The number of rotatable bonds is 2. The molecule has 1 aliphatic heterocycles. The second-order valence-corrected chi connectivity index (χ2v) is 7.40. The molecule has 0 spiro atoms. The van der Waals surface area contributed by atoms with E-state index in [0.29, 0.717) is 12.2 Å². The first-order valence-corrected chi connectivity index (χ1v) is 8.52. The molecule has 1 aliphatic rings. The Morgan fingerprint density at radius 1 is 1.40 bits per heavy atom. The molecule has 8 heteroatoms. The van der Waals surface area contributed by atoms with Crippen molar-refractivity contribution in [3.8, 4) is 0 Å². The lowest BCUT2D eigenvalue weighted by Crippen LogP contribution is -2.41. The summed E-state index contributed by atoms with van der Waals surface area (Å²) in [6.45, 7) is 7.54. The lowest BCUT2D eigenvalue weighted by Gasteiger charge is -2.32. The maximum atomic E-state index is 12.6. The predicted molar refractivity (Wildman–Crippen MR) is 96.2 cm³/mol. The number of nitrogens with zero attached hydrogens (tertiary/aromatic N) is 5. The van der Waals surface area contributed by atoms with Gasteiger partial charge in [0.25, 0.3) is 0 Å². The molecule has 1 atom stereocenters. The average Bonchev–Trinajstić information content (AvgIpc) is 3.04. The van der Waals surface area contributed by atoms with Crippen molar-refractivity contribution in [1.29, 1.82) is 0 Å². The van der Waals surface area contributed by atoms with Crippen LogP contribution in [-0.4, -0.2) is 43.8 Å². The zero-order chi connectivity index (χ0) is 18.0. The Bertz CT molecular complexity index is 749. The van der Waals surface area contributed by atoms with Crippen LogP contribution in [0.2, 0.25) is 0 Å². The molecule has 134 valence electrons. The molecule has 1 unspecified atom stereocenters. The van der Waals surface area contributed by atoms with Gasteiger partial charge in [0.2, 0.25) is 5.95 Å². The Labute approximate surface area is 147 Å². The summed E-state index contributed by atoms with van der Waals surface area (Å²) in [5.41, 5.74) is 7.15. The largest absolute Gasteiger partial charge is 0.368 e. The van der Waals surface area contributed by atoms with Crippen LogP contribution in [0.5, 0.6) is 0 Å². The average molecular weight is 343 g/mol. The van der Waals surface area contributed by atoms with E-state index in [4.69, 9.17) is 5.73 Å². The maximum Gasteiger partial charge on any atom is 0.321 e. The maximum absolute atomic E-state index is 12.6. The summed E-state index contributed by atoms with van der Waals surface area (Å²) >= 11 is 0. The van der Waals surface area contributed by atoms with Gasteiger partial charge in [0.05, 0.1) is 23.1 Å². The molecule has 0 aliphatic carbocycles. The van der Waals surface area contributed by atoms with Gasteiger partial charge in [-0.2, -0.15) is 5.10 Å². The minimum absolute atomic E-state index is 0.111. The third-order valence-corrected chi connectivity index (χ3v) is 4.34. The molecule has 2 amide bonds. The smallest absolute Gasteiger partial charge is 0.321 e. The van der Waals surface area contributed by atoms with Gasteiger partial charge in [-0.05, 0) is 39.7 Å². The highest BCUT2D eigenvalue weighted by Crippen LogP contribution is 2.26. The highest BCUT2D eigenvalue weighted by molar-refractivity contribution is 5.89. The SMILES string of the molecule is CC(C)(C)n1cc(NC(=O)N2CCCC(c3ccnc(N)n3)C2)cn1. The van der Waals surface area contributed by atoms with Crippen LogP contribution in [0.15, 0.2) is 24.7 Å². The first-order valence-electron chi connectivity index (χ1n) is 8.52. The lowest BCUT2D eigenvalue weighted by molar-refractivity contribution is 0.192. The van der Waals surface area contributed by atoms with E-state index >= 15 is 0 Å². The number of carbonyl (C=O) groups is 1. The molecular weight excluding hydrogens is 318 g/mol. The van der Waals surface area contributed by atoms with E-state index in [2.05, 4.69) is 41.2 Å². The van der Waals surface area contributed by atoms with Crippen molar-refractivity contribution in [2.45, 2.75) is 45.1 Å². The number of hydrogen-bond acceptors (Lipinski definition) is 5. The molecule has 25 heavy (non-hydrogen) atoms. The first-order chi connectivity index (χ1) is 11.8. The van der Waals surface area contributed by atoms with Gasteiger partial charge in [0, 0.05) is 31.4 Å². The Morgan fingerprint density at radius 2 is 2.20 bits per heavy atom. The zero-order valence-electron chi connectivity index (χ0n) is 14.9. The van der Waals surface area contributed by atoms with Crippen molar-refractivity contribution in [3.63, 3.8) is 0 Å². The Hall–Kier alpha value is -2.64. The number of urea groups is 1. The number of aromatic nitrogens is 4. The Kier molecular flexibility index (Phi) is 4.61. The molecule has 0 saturated carbocycles. The van der Waals surface area contributed by atoms with E-state index in [-0.39, 0.29) is 23.4 Å². The van der Waals surface area contributed by atoms with E-state index in [0.717, 1.165) is 25.1 Å². The highest BCUT2D eigenvalue weighted by atomic mass is 16.2. The number of anilines is 2. The quantitative estimate of drug-likeness (QED) is 0.872. The predicted octanol–water partition coefficient (Wildman–Crippen LogP) is 2.42. The number of nitrogens with one attached hydrogen (secondary N) is 1. The van der Waals surface area contributed by atoms with Crippen molar-refractivity contribution in [2.75, 3.05) is 24.1 Å². The van der Waals surface area contributed by atoms with E-state index < -0.39 is 0 Å². The van der Waals surface area contributed by atoms with Crippen LogP contribution >= 0.6 is 0 Å². The molecule has 2 aromatic heterocycles. The van der Waals surface area contributed by atoms with Crippen LogP contribution in [0.25, 0.3) is 0 Å². The molecule has 2 aromatic rings. The molecule has 3 N–H and O–H groups in total. The molecule has 1 fully saturated rings. The zero-order valence-corrected chi connectivity index (χ0v) is 14.9. The number of nitrogen functional groups attached to an aromatic ring is 1. The van der Waals surface area contributed by atoms with Crippen molar-refractivity contribution in [1.82, 2.24) is 24.6 Å². The summed E-state index contributed by atoms with van der Waals surface area (Å²) in [6.07, 6.45) is 7.11. The minimum Gasteiger partial charge on any atom is -0.368 e. The van der Waals surface area contributed by atoms with Crippen molar-refractivity contribution in [2.24, 2.45) is 0 Å². The third kappa shape index (κ3) is 4.07. The fraction of sp³-hybridized carbons (Fsp3) is 0.529. The fourth-order valence-electron chi connectivity index (χ4n) is 2.98. The molecule has 0 radical (unpaired) electrons. The van der Waals surface area contributed by atoms with E-state index in [9.17, 15) is 4.79 Å². The minimum atomic E-state index is -0.119. The van der Waals surface area contributed by atoms with Crippen molar-refractivity contribution >= 4 is 17.7 Å². The van der Waals surface area contributed by atoms with Crippen LogP contribution in [-0.2, 0) is 5.54 Å². The van der Waals surface area contributed by atoms with Gasteiger partial charge >= 0.3 is 6.03 Å².